The Labute approximate surface area is 517 Å². The van der Waals surface area contributed by atoms with Gasteiger partial charge >= 0.3 is 18.1 Å². The quantitative estimate of drug-likeness (QED) is 0.0189. The highest BCUT2D eigenvalue weighted by Crippen LogP contribution is 2.43. The molecule has 0 saturated heterocycles. The fourth-order valence-corrected chi connectivity index (χ4v) is 11.0. The van der Waals surface area contributed by atoms with Gasteiger partial charge in [0.25, 0.3) is 0 Å². The highest BCUT2D eigenvalue weighted by atomic mass is 16.5. The first kappa shape index (κ1) is 70.1. The van der Waals surface area contributed by atoms with Crippen molar-refractivity contribution in [2.45, 2.75) is 235 Å². The van der Waals surface area contributed by atoms with E-state index in [0.29, 0.717) is 117 Å². The average molecular weight is 1190 g/mol. The van der Waals surface area contributed by atoms with Gasteiger partial charge in [-0.15, -0.1) is 0 Å². The second kappa shape index (κ2) is 40.7. The topological polar surface area (TPSA) is 189 Å². The van der Waals surface area contributed by atoms with Crippen molar-refractivity contribution in [2.24, 2.45) is 0 Å². The number of anilines is 4. The molecule has 15 nitrogen and oxygen atoms in total. The van der Waals surface area contributed by atoms with Gasteiger partial charge in [0.05, 0.1) is 26.4 Å². The van der Waals surface area contributed by atoms with E-state index in [1.807, 2.05) is 48.5 Å². The molecule has 4 aromatic rings. The lowest BCUT2D eigenvalue weighted by atomic mass is 9.90. The van der Waals surface area contributed by atoms with Crippen LogP contribution in [-0.4, -0.2) is 70.1 Å². The second-order valence-electron chi connectivity index (χ2n) is 23.4. The summed E-state index contributed by atoms with van der Waals surface area (Å²) in [6.45, 7) is 20.3. The van der Waals surface area contributed by atoms with Crippen LogP contribution in [0.4, 0.5) is 37.1 Å². The third-order valence-corrected chi connectivity index (χ3v) is 15.5. The van der Waals surface area contributed by atoms with Gasteiger partial charge in [-0.1, -0.05) is 158 Å². The summed E-state index contributed by atoms with van der Waals surface area (Å²) >= 11 is 0. The van der Waals surface area contributed by atoms with Gasteiger partial charge in [-0.2, -0.15) is 0 Å². The van der Waals surface area contributed by atoms with Crippen LogP contribution in [-0.2, 0) is 30.5 Å². The van der Waals surface area contributed by atoms with Crippen molar-refractivity contribution in [2.75, 3.05) is 67.3 Å². The molecule has 0 aromatic heterocycles. The number of hydrogen-bond donors (Lipinski definition) is 7. The van der Waals surface area contributed by atoms with E-state index in [4.69, 9.17) is 18.9 Å². The highest BCUT2D eigenvalue weighted by molar-refractivity contribution is 5.92. The monoisotopic (exact) mass is 1190 g/mol. The molecular weight excluding hydrogens is 1080 g/mol. The average Bonchev–Trinajstić information content (AvgIpc) is 0.972. The summed E-state index contributed by atoms with van der Waals surface area (Å²) in [5, 5.41) is 22.1. The molecule has 4 aromatic carbocycles. The molecule has 0 radical (unpaired) electrons. The van der Waals surface area contributed by atoms with Crippen molar-refractivity contribution in [1.82, 2.24) is 16.0 Å². The summed E-state index contributed by atoms with van der Waals surface area (Å²) < 4.78 is 28.3. The lowest BCUT2D eigenvalue weighted by Gasteiger charge is -2.25. The van der Waals surface area contributed by atoms with Crippen LogP contribution in [0, 0.1) is 0 Å². The molecule has 0 fully saturated rings. The first-order valence-corrected chi connectivity index (χ1v) is 33.5. The SMILES string of the molecule is CCCCCCNC(=O)Nc1cc2c(OCCCCC)c(c1)Cc1cc(NC(=O)NCCCCCC)cc(c1OCCCCC)Cc1cc(NC(=O)NCCCCCC)cc(c1OCCCCC)Cc1cc(NC(C)=O)cc(c1OCCCCC)C2. The van der Waals surface area contributed by atoms with E-state index in [1.165, 1.54) is 6.92 Å². The fourth-order valence-electron chi connectivity index (χ4n) is 11.0. The zero-order valence-corrected chi connectivity index (χ0v) is 54.1. The normalized spacial score (nSPS) is 11.8. The van der Waals surface area contributed by atoms with Crippen molar-refractivity contribution in [3.8, 4) is 23.0 Å². The Bertz CT molecular complexity index is 2550. The van der Waals surface area contributed by atoms with Gasteiger partial charge in [-0.25, -0.2) is 14.4 Å². The van der Waals surface area contributed by atoms with E-state index in [1.54, 1.807) is 0 Å². The van der Waals surface area contributed by atoms with Crippen molar-refractivity contribution >= 4 is 46.8 Å². The van der Waals surface area contributed by atoms with Gasteiger partial charge in [0.15, 0.2) is 0 Å². The second-order valence-corrected chi connectivity index (χ2v) is 23.4. The summed E-state index contributed by atoms with van der Waals surface area (Å²) in [6.07, 6.45) is 24.9. The number of unbranched alkanes of at least 4 members (excludes halogenated alkanes) is 17. The van der Waals surface area contributed by atoms with E-state index in [9.17, 15) is 19.2 Å². The highest BCUT2D eigenvalue weighted by Gasteiger charge is 2.26. The molecule has 0 unspecified atom stereocenters. The number of amides is 7. The third-order valence-electron chi connectivity index (χ3n) is 15.5. The predicted molar refractivity (Wildman–Crippen MR) is 355 cm³/mol. The maximum absolute atomic E-state index is 14.0. The first-order valence-electron chi connectivity index (χ1n) is 33.5. The Hall–Kier alpha value is -6.64. The smallest absolute Gasteiger partial charge is 0.319 e. The maximum atomic E-state index is 14.0. The number of nitrogens with one attached hydrogen (secondary N) is 7. The van der Waals surface area contributed by atoms with Crippen LogP contribution in [0.2, 0.25) is 0 Å². The molecule has 1 aliphatic rings. The number of rotatable bonds is 39. The summed E-state index contributed by atoms with van der Waals surface area (Å²) in [5.41, 5.74) is 8.99. The summed E-state index contributed by atoms with van der Waals surface area (Å²) in [4.78, 5) is 55.0. The Morgan fingerprint density at radius 3 is 0.721 bits per heavy atom. The Kier molecular flexibility index (Phi) is 33.2. The van der Waals surface area contributed by atoms with Crippen molar-refractivity contribution in [3.63, 3.8) is 0 Å². The van der Waals surface area contributed by atoms with E-state index < -0.39 is 0 Å². The molecule has 1 aliphatic carbocycles. The van der Waals surface area contributed by atoms with Crippen LogP contribution >= 0.6 is 0 Å². The lowest BCUT2D eigenvalue weighted by Crippen LogP contribution is -2.29. The van der Waals surface area contributed by atoms with Gasteiger partial charge < -0.3 is 56.2 Å². The van der Waals surface area contributed by atoms with Crippen molar-refractivity contribution in [1.29, 1.82) is 0 Å². The van der Waals surface area contributed by atoms with Crippen molar-refractivity contribution < 1.29 is 38.1 Å². The summed E-state index contributed by atoms with van der Waals surface area (Å²) in [7, 11) is 0. The van der Waals surface area contributed by atoms with Gasteiger partial charge in [-0.05, 0) is 93.5 Å². The molecule has 5 rings (SSSR count). The zero-order chi connectivity index (χ0) is 61.7. The molecule has 7 amide bonds. The minimum absolute atomic E-state index is 0.212. The Balaban J connectivity index is 1.91. The molecule has 0 saturated carbocycles. The first-order chi connectivity index (χ1) is 41.9. The third kappa shape index (κ3) is 25.0. The summed E-state index contributed by atoms with van der Waals surface area (Å²) in [5.74, 6) is 2.55. The number of hydrogen-bond acceptors (Lipinski definition) is 8. The van der Waals surface area contributed by atoms with E-state index >= 15 is 0 Å². The number of urea groups is 3. The van der Waals surface area contributed by atoms with E-state index in [0.717, 1.165) is 199 Å². The van der Waals surface area contributed by atoms with Crippen LogP contribution in [0.15, 0.2) is 48.5 Å². The molecule has 15 heteroatoms. The standard InChI is InChI=1S/C71H109N7O8/c1-9-16-23-26-33-72-69(80)76-62-46-55-40-53-44-61(75-52(8)79)45-54(65(53)83-36-29-19-12-4)41-56-47-63(77-70(81)73-34-27-24-17-10-2)49-58(67(56)85-38-31-21-14-6)43-60-51-64(78-71(82)74-35-28-25-18-11-3)50-59(68(60)86-39-32-22-15-7)42-57(48-62)66(55)84-37-30-20-13-5/h44-51H,9-43H2,1-8H3,(H,75,79)(H2,72,76,80)(H2,73,77,81)(H2,74,78,82). The van der Waals surface area contributed by atoms with Crippen molar-refractivity contribution in [3.05, 3.63) is 93.0 Å². The van der Waals surface area contributed by atoms with Gasteiger partial charge in [0, 0.05) is 119 Å². The molecule has 0 heterocycles. The molecule has 0 atom stereocenters. The molecule has 0 spiro atoms. The number of carbonyl (C=O) groups is 4. The Morgan fingerprint density at radius 1 is 0.302 bits per heavy atom. The minimum atomic E-state index is -0.298. The molecular formula is C71H109N7O8. The predicted octanol–water partition coefficient (Wildman–Crippen LogP) is 17.7. The maximum Gasteiger partial charge on any atom is 0.319 e. The molecule has 476 valence electrons. The molecule has 0 aliphatic heterocycles. The number of fused-ring (bicyclic) bond motifs is 8. The van der Waals surface area contributed by atoms with Crippen LogP contribution in [0.1, 0.15) is 254 Å². The van der Waals surface area contributed by atoms with Crippen LogP contribution in [0.3, 0.4) is 0 Å². The Morgan fingerprint density at radius 2 is 0.512 bits per heavy atom. The van der Waals surface area contributed by atoms with Gasteiger partial charge in [0.2, 0.25) is 5.91 Å². The molecule has 86 heavy (non-hydrogen) atoms. The van der Waals surface area contributed by atoms with Crippen LogP contribution in [0.5, 0.6) is 23.0 Å². The van der Waals surface area contributed by atoms with Gasteiger partial charge in [-0.3, -0.25) is 4.79 Å². The van der Waals surface area contributed by atoms with E-state index in [-0.39, 0.29) is 24.0 Å². The van der Waals surface area contributed by atoms with Crippen LogP contribution < -0.4 is 56.2 Å². The van der Waals surface area contributed by atoms with Crippen LogP contribution in [0.25, 0.3) is 0 Å². The largest absolute Gasteiger partial charge is 0.493 e. The van der Waals surface area contributed by atoms with E-state index in [2.05, 4.69) is 85.7 Å². The number of benzene rings is 4. The van der Waals surface area contributed by atoms with Gasteiger partial charge in [0.1, 0.15) is 23.0 Å². The summed E-state index contributed by atoms with van der Waals surface area (Å²) in [6, 6.07) is 15.2. The molecule has 8 bridgehead atoms. The number of ether oxygens (including phenoxy) is 4. The fraction of sp³-hybridized carbons (Fsp3) is 0.606. The lowest BCUT2D eigenvalue weighted by molar-refractivity contribution is -0.114. The zero-order valence-electron chi connectivity index (χ0n) is 54.1. The number of carbonyl (C=O) groups excluding carboxylic acids is 4. The minimum Gasteiger partial charge on any atom is -0.493 e. The molecule has 7 N–H and O–H groups in total.